The number of aromatic nitrogens is 2. The maximum Gasteiger partial charge on any atom is 0.229 e. The fourth-order valence-electron chi connectivity index (χ4n) is 1.54. The lowest BCUT2D eigenvalue weighted by atomic mass is 10.3. The number of anilines is 3. The van der Waals surface area contributed by atoms with E-state index >= 15 is 0 Å². The van der Waals surface area contributed by atoms with Crippen LogP contribution in [0.2, 0.25) is 0 Å². The molecule has 1 aromatic heterocycles. The molecule has 4 nitrogen and oxygen atoms in total. The third-order valence-electron chi connectivity index (χ3n) is 2.31. The third kappa shape index (κ3) is 3.31. The number of aryl methyl sites for hydroxylation is 1. The molecule has 92 valence electrons. The van der Waals surface area contributed by atoms with Gasteiger partial charge in [-0.2, -0.15) is 4.98 Å². The van der Waals surface area contributed by atoms with Crippen molar-refractivity contribution < 1.29 is 0 Å². The van der Waals surface area contributed by atoms with Gasteiger partial charge in [0.25, 0.3) is 0 Å². The highest BCUT2D eigenvalue weighted by Gasteiger charge is 2.01. The number of para-hydroxylation sites is 1. The van der Waals surface area contributed by atoms with Gasteiger partial charge in [-0.05, 0) is 19.1 Å². The second-order valence-corrected chi connectivity index (χ2v) is 3.88. The summed E-state index contributed by atoms with van der Waals surface area (Å²) in [6, 6.07) is 11.8. The van der Waals surface area contributed by atoms with Crippen LogP contribution in [0.3, 0.4) is 0 Å². The molecule has 4 heteroatoms. The second-order valence-electron chi connectivity index (χ2n) is 3.88. The zero-order chi connectivity index (χ0) is 12.8. The van der Waals surface area contributed by atoms with Gasteiger partial charge < -0.3 is 10.6 Å². The van der Waals surface area contributed by atoms with E-state index in [-0.39, 0.29) is 0 Å². The minimum atomic E-state index is 0.591. The van der Waals surface area contributed by atoms with Crippen LogP contribution in [0.4, 0.5) is 17.5 Å². The lowest BCUT2D eigenvalue weighted by Gasteiger charge is -2.08. The van der Waals surface area contributed by atoms with Crippen LogP contribution < -0.4 is 10.6 Å². The SMILES string of the molecule is C=CCNc1cc(C)nc(Nc2ccccc2)n1. The molecule has 1 aromatic carbocycles. The average molecular weight is 240 g/mol. The first kappa shape index (κ1) is 12.1. The third-order valence-corrected chi connectivity index (χ3v) is 2.31. The van der Waals surface area contributed by atoms with Crippen LogP contribution in [0, 0.1) is 6.92 Å². The van der Waals surface area contributed by atoms with Crippen molar-refractivity contribution in [2.75, 3.05) is 17.2 Å². The van der Waals surface area contributed by atoms with Gasteiger partial charge in [0.2, 0.25) is 5.95 Å². The van der Waals surface area contributed by atoms with Gasteiger partial charge in [-0.1, -0.05) is 24.3 Å². The van der Waals surface area contributed by atoms with E-state index in [1.54, 1.807) is 6.08 Å². The molecule has 0 fully saturated rings. The highest BCUT2D eigenvalue weighted by Crippen LogP contribution is 2.15. The zero-order valence-electron chi connectivity index (χ0n) is 10.4. The number of hydrogen-bond donors (Lipinski definition) is 2. The molecule has 0 saturated heterocycles. The summed E-state index contributed by atoms with van der Waals surface area (Å²) in [6.07, 6.45) is 1.79. The van der Waals surface area contributed by atoms with Crippen LogP contribution >= 0.6 is 0 Å². The molecule has 2 rings (SSSR count). The minimum absolute atomic E-state index is 0.591. The van der Waals surface area contributed by atoms with Crippen LogP contribution in [-0.4, -0.2) is 16.5 Å². The Kier molecular flexibility index (Phi) is 3.91. The molecule has 2 N–H and O–H groups in total. The standard InChI is InChI=1S/C14H16N4/c1-3-9-15-13-10-11(2)16-14(18-13)17-12-7-5-4-6-8-12/h3-8,10H,1,9H2,2H3,(H2,15,16,17,18). The van der Waals surface area contributed by atoms with Crippen LogP contribution in [0.1, 0.15) is 5.69 Å². The van der Waals surface area contributed by atoms with Crippen molar-refractivity contribution in [3.63, 3.8) is 0 Å². The van der Waals surface area contributed by atoms with Gasteiger partial charge in [-0.15, -0.1) is 6.58 Å². The average Bonchev–Trinajstić information content (AvgIpc) is 2.37. The molecule has 0 bridgehead atoms. The molecule has 0 aliphatic rings. The summed E-state index contributed by atoms with van der Waals surface area (Å²) in [7, 11) is 0. The maximum atomic E-state index is 4.39. The summed E-state index contributed by atoms with van der Waals surface area (Å²) < 4.78 is 0. The quantitative estimate of drug-likeness (QED) is 0.788. The molecular weight excluding hydrogens is 224 g/mol. The molecule has 18 heavy (non-hydrogen) atoms. The summed E-state index contributed by atoms with van der Waals surface area (Å²) in [6.45, 7) is 6.29. The van der Waals surface area contributed by atoms with Crippen molar-refractivity contribution in [1.82, 2.24) is 9.97 Å². The molecule has 2 aromatic rings. The smallest absolute Gasteiger partial charge is 0.229 e. The fraction of sp³-hybridized carbons (Fsp3) is 0.143. The molecule has 0 spiro atoms. The van der Waals surface area contributed by atoms with Crippen molar-refractivity contribution in [3.05, 3.63) is 54.7 Å². The Morgan fingerprint density at radius 2 is 2.00 bits per heavy atom. The Morgan fingerprint density at radius 3 is 2.72 bits per heavy atom. The Hall–Kier alpha value is -2.36. The zero-order valence-corrected chi connectivity index (χ0v) is 10.4. The minimum Gasteiger partial charge on any atom is -0.366 e. The number of rotatable bonds is 5. The van der Waals surface area contributed by atoms with E-state index in [4.69, 9.17) is 0 Å². The molecule has 0 radical (unpaired) electrons. The van der Waals surface area contributed by atoms with E-state index in [0.717, 1.165) is 17.2 Å². The monoisotopic (exact) mass is 240 g/mol. The first-order valence-corrected chi connectivity index (χ1v) is 5.80. The fourth-order valence-corrected chi connectivity index (χ4v) is 1.54. The Morgan fingerprint density at radius 1 is 1.22 bits per heavy atom. The lowest BCUT2D eigenvalue weighted by molar-refractivity contribution is 1.09. The molecule has 0 atom stereocenters. The predicted molar refractivity (Wildman–Crippen MR) is 75.2 cm³/mol. The van der Waals surface area contributed by atoms with Crippen molar-refractivity contribution in [2.24, 2.45) is 0 Å². The van der Waals surface area contributed by atoms with Gasteiger partial charge in [0, 0.05) is 24.0 Å². The van der Waals surface area contributed by atoms with Crippen LogP contribution in [0.5, 0.6) is 0 Å². The first-order chi connectivity index (χ1) is 8.78. The largest absolute Gasteiger partial charge is 0.366 e. The predicted octanol–water partition coefficient (Wildman–Crippen LogP) is 3.13. The van der Waals surface area contributed by atoms with Crippen molar-refractivity contribution in [1.29, 1.82) is 0 Å². The first-order valence-electron chi connectivity index (χ1n) is 5.80. The van der Waals surface area contributed by atoms with E-state index in [0.29, 0.717) is 12.5 Å². The van der Waals surface area contributed by atoms with Gasteiger partial charge in [-0.25, -0.2) is 4.98 Å². The summed E-state index contributed by atoms with van der Waals surface area (Å²) in [4.78, 5) is 8.73. The molecule has 0 aliphatic heterocycles. The second kappa shape index (κ2) is 5.82. The highest BCUT2D eigenvalue weighted by molar-refractivity contribution is 5.54. The Balaban J connectivity index is 2.17. The van der Waals surface area contributed by atoms with Crippen molar-refractivity contribution in [3.8, 4) is 0 Å². The Bertz CT molecular complexity index is 523. The van der Waals surface area contributed by atoms with Gasteiger partial charge >= 0.3 is 0 Å². The molecule has 0 amide bonds. The normalized spacial score (nSPS) is 9.83. The number of hydrogen-bond acceptors (Lipinski definition) is 4. The number of nitrogens with one attached hydrogen (secondary N) is 2. The Labute approximate surface area is 107 Å². The molecular formula is C14H16N4. The number of nitrogens with zero attached hydrogens (tertiary/aromatic N) is 2. The van der Waals surface area contributed by atoms with Crippen LogP contribution in [0.15, 0.2) is 49.1 Å². The lowest BCUT2D eigenvalue weighted by Crippen LogP contribution is -2.05. The topological polar surface area (TPSA) is 49.8 Å². The van der Waals surface area contributed by atoms with E-state index in [1.807, 2.05) is 43.3 Å². The molecule has 0 unspecified atom stereocenters. The highest BCUT2D eigenvalue weighted by atomic mass is 15.1. The van der Waals surface area contributed by atoms with Crippen molar-refractivity contribution in [2.45, 2.75) is 6.92 Å². The summed E-state index contributed by atoms with van der Waals surface area (Å²) in [5.74, 6) is 1.38. The van der Waals surface area contributed by atoms with Crippen molar-refractivity contribution >= 4 is 17.5 Å². The summed E-state index contributed by atoms with van der Waals surface area (Å²) in [5.41, 5.74) is 1.88. The van der Waals surface area contributed by atoms with Gasteiger partial charge in [0.05, 0.1) is 0 Å². The van der Waals surface area contributed by atoms with E-state index in [9.17, 15) is 0 Å². The van der Waals surface area contributed by atoms with Gasteiger partial charge in [0.1, 0.15) is 5.82 Å². The van der Waals surface area contributed by atoms with E-state index < -0.39 is 0 Å². The summed E-state index contributed by atoms with van der Waals surface area (Å²) >= 11 is 0. The van der Waals surface area contributed by atoms with Crippen LogP contribution in [-0.2, 0) is 0 Å². The van der Waals surface area contributed by atoms with Gasteiger partial charge in [0.15, 0.2) is 0 Å². The van der Waals surface area contributed by atoms with E-state index in [1.165, 1.54) is 0 Å². The van der Waals surface area contributed by atoms with Gasteiger partial charge in [-0.3, -0.25) is 0 Å². The van der Waals surface area contributed by atoms with Crippen LogP contribution in [0.25, 0.3) is 0 Å². The maximum absolute atomic E-state index is 4.39. The molecule has 0 aliphatic carbocycles. The molecule has 0 saturated carbocycles. The molecule has 1 heterocycles. The summed E-state index contributed by atoms with van der Waals surface area (Å²) in [5, 5.41) is 6.33. The van der Waals surface area contributed by atoms with E-state index in [2.05, 4.69) is 27.2 Å². The number of benzene rings is 1.